The van der Waals surface area contributed by atoms with Crippen molar-refractivity contribution in [1.29, 1.82) is 0 Å². The zero-order chi connectivity index (χ0) is 10.1. The van der Waals surface area contributed by atoms with Gasteiger partial charge in [0.2, 0.25) is 0 Å². The summed E-state index contributed by atoms with van der Waals surface area (Å²) in [5.41, 5.74) is 0. The molecule has 0 fully saturated rings. The first-order chi connectivity index (χ1) is 6.26. The van der Waals surface area contributed by atoms with E-state index in [9.17, 15) is 4.79 Å². The Balaban J connectivity index is 3.67. The van der Waals surface area contributed by atoms with E-state index in [-0.39, 0.29) is 18.5 Å². The summed E-state index contributed by atoms with van der Waals surface area (Å²) in [5, 5.41) is 8.92. The molecule has 78 valence electrons. The number of carbonyl (C=O) groups excluding carboxylic acids is 1. The highest BCUT2D eigenvalue weighted by Gasteiger charge is 2.17. The number of aliphatic hydroxyl groups excluding tert-OH is 1. The molecule has 0 aliphatic rings. The normalized spacial score (nSPS) is 12.5. The van der Waals surface area contributed by atoms with E-state index >= 15 is 0 Å². The Bertz CT molecular complexity index is 134. The van der Waals surface area contributed by atoms with Gasteiger partial charge in [0.25, 0.3) is 0 Å². The van der Waals surface area contributed by atoms with E-state index in [2.05, 4.69) is 6.92 Å². The van der Waals surface area contributed by atoms with Crippen molar-refractivity contribution < 1.29 is 14.6 Å². The monoisotopic (exact) mass is 188 g/mol. The average molecular weight is 188 g/mol. The second kappa shape index (κ2) is 8.05. The molecule has 0 saturated heterocycles. The van der Waals surface area contributed by atoms with Gasteiger partial charge in [0.1, 0.15) is 0 Å². The minimum absolute atomic E-state index is 0.0947. The summed E-state index contributed by atoms with van der Waals surface area (Å²) in [6.45, 7) is 4.18. The summed E-state index contributed by atoms with van der Waals surface area (Å²) in [4.78, 5) is 11.2. The molecule has 0 aromatic carbocycles. The highest BCUT2D eigenvalue weighted by Crippen LogP contribution is 2.11. The highest BCUT2D eigenvalue weighted by atomic mass is 16.5. The number of unbranched alkanes of at least 4 members (excludes halogenated alkanes) is 2. The Hall–Kier alpha value is -0.570. The number of esters is 1. The molecule has 0 aromatic rings. The van der Waals surface area contributed by atoms with Crippen LogP contribution in [-0.2, 0) is 9.53 Å². The van der Waals surface area contributed by atoms with E-state index in [1.165, 1.54) is 0 Å². The van der Waals surface area contributed by atoms with Crippen LogP contribution in [0.15, 0.2) is 0 Å². The number of hydrogen-bond donors (Lipinski definition) is 1. The Morgan fingerprint density at radius 2 is 2.08 bits per heavy atom. The molecule has 3 heteroatoms. The number of ether oxygens (including phenoxy) is 1. The Kier molecular flexibility index (Phi) is 7.69. The van der Waals surface area contributed by atoms with Crippen LogP contribution in [0.25, 0.3) is 0 Å². The molecule has 0 amide bonds. The van der Waals surface area contributed by atoms with Crippen LogP contribution in [0.4, 0.5) is 0 Å². The molecule has 0 saturated carbocycles. The minimum atomic E-state index is -0.313. The van der Waals surface area contributed by atoms with E-state index < -0.39 is 0 Å². The van der Waals surface area contributed by atoms with Gasteiger partial charge in [-0.15, -0.1) is 0 Å². The SMILES string of the molecule is CCCCC[C@H](CO)C(=O)OCC. The lowest BCUT2D eigenvalue weighted by atomic mass is 10.0. The number of aliphatic hydroxyl groups is 1. The van der Waals surface area contributed by atoms with Crippen LogP contribution in [0, 0.1) is 5.92 Å². The molecule has 0 rings (SSSR count). The maximum atomic E-state index is 11.2. The molecule has 0 unspecified atom stereocenters. The van der Waals surface area contributed by atoms with Gasteiger partial charge < -0.3 is 9.84 Å². The fourth-order valence-corrected chi connectivity index (χ4v) is 1.18. The predicted octanol–water partition coefficient (Wildman–Crippen LogP) is 1.74. The zero-order valence-corrected chi connectivity index (χ0v) is 8.58. The molecule has 0 aliphatic heterocycles. The first-order valence-electron chi connectivity index (χ1n) is 5.03. The first-order valence-corrected chi connectivity index (χ1v) is 5.03. The van der Waals surface area contributed by atoms with Crippen molar-refractivity contribution in [1.82, 2.24) is 0 Å². The zero-order valence-electron chi connectivity index (χ0n) is 8.58. The fraction of sp³-hybridized carbons (Fsp3) is 0.900. The van der Waals surface area contributed by atoms with Crippen LogP contribution in [0.2, 0.25) is 0 Å². The molecule has 0 bridgehead atoms. The van der Waals surface area contributed by atoms with E-state index in [1.807, 2.05) is 0 Å². The minimum Gasteiger partial charge on any atom is -0.466 e. The number of carbonyl (C=O) groups is 1. The second-order valence-electron chi connectivity index (χ2n) is 3.13. The molecule has 0 spiro atoms. The maximum Gasteiger partial charge on any atom is 0.311 e. The summed E-state index contributed by atoms with van der Waals surface area (Å²) >= 11 is 0. The average Bonchev–Trinajstić information content (AvgIpc) is 2.13. The smallest absolute Gasteiger partial charge is 0.311 e. The Morgan fingerprint density at radius 3 is 2.54 bits per heavy atom. The molecule has 0 aliphatic carbocycles. The standard InChI is InChI=1S/C10H20O3/c1-3-5-6-7-9(8-11)10(12)13-4-2/h9,11H,3-8H2,1-2H3/t9-/m1/s1. The summed E-state index contributed by atoms with van der Waals surface area (Å²) in [7, 11) is 0. The van der Waals surface area contributed by atoms with Gasteiger partial charge >= 0.3 is 5.97 Å². The molecular formula is C10H20O3. The van der Waals surface area contributed by atoms with Gasteiger partial charge in [-0.3, -0.25) is 4.79 Å². The van der Waals surface area contributed by atoms with Gasteiger partial charge in [0.15, 0.2) is 0 Å². The third-order valence-electron chi connectivity index (χ3n) is 2.00. The molecule has 13 heavy (non-hydrogen) atoms. The lowest BCUT2D eigenvalue weighted by Crippen LogP contribution is -2.21. The van der Waals surface area contributed by atoms with E-state index in [4.69, 9.17) is 9.84 Å². The Labute approximate surface area is 80.1 Å². The molecule has 0 heterocycles. The molecule has 3 nitrogen and oxygen atoms in total. The first kappa shape index (κ1) is 12.4. The lowest BCUT2D eigenvalue weighted by Gasteiger charge is -2.11. The van der Waals surface area contributed by atoms with Crippen molar-refractivity contribution in [2.75, 3.05) is 13.2 Å². The molecule has 0 radical (unpaired) electrons. The van der Waals surface area contributed by atoms with Crippen LogP contribution >= 0.6 is 0 Å². The largest absolute Gasteiger partial charge is 0.466 e. The van der Waals surface area contributed by atoms with Gasteiger partial charge in [0.05, 0.1) is 19.1 Å². The van der Waals surface area contributed by atoms with Gasteiger partial charge in [-0.2, -0.15) is 0 Å². The molecular weight excluding hydrogens is 168 g/mol. The van der Waals surface area contributed by atoms with Gasteiger partial charge in [-0.1, -0.05) is 26.2 Å². The third kappa shape index (κ3) is 5.64. The summed E-state index contributed by atoms with van der Waals surface area (Å²) in [6.07, 6.45) is 3.96. The van der Waals surface area contributed by atoms with Crippen LogP contribution in [0.1, 0.15) is 39.5 Å². The summed E-state index contributed by atoms with van der Waals surface area (Å²) in [5.74, 6) is -0.576. The van der Waals surface area contributed by atoms with Crippen LogP contribution in [0.5, 0.6) is 0 Å². The third-order valence-corrected chi connectivity index (χ3v) is 2.00. The van der Waals surface area contributed by atoms with Crippen molar-refractivity contribution in [3.63, 3.8) is 0 Å². The van der Waals surface area contributed by atoms with Gasteiger partial charge in [0, 0.05) is 0 Å². The summed E-state index contributed by atoms with van der Waals surface area (Å²) in [6, 6.07) is 0. The van der Waals surface area contributed by atoms with E-state index in [0.29, 0.717) is 6.61 Å². The van der Waals surface area contributed by atoms with Crippen molar-refractivity contribution in [3.05, 3.63) is 0 Å². The lowest BCUT2D eigenvalue weighted by molar-refractivity contribution is -0.149. The van der Waals surface area contributed by atoms with Crippen molar-refractivity contribution in [2.45, 2.75) is 39.5 Å². The number of hydrogen-bond acceptors (Lipinski definition) is 3. The van der Waals surface area contributed by atoms with Crippen molar-refractivity contribution in [3.8, 4) is 0 Å². The molecule has 1 N–H and O–H groups in total. The highest BCUT2D eigenvalue weighted by molar-refractivity contribution is 5.72. The van der Waals surface area contributed by atoms with Crippen LogP contribution < -0.4 is 0 Å². The number of rotatable bonds is 7. The topological polar surface area (TPSA) is 46.5 Å². The van der Waals surface area contributed by atoms with Crippen molar-refractivity contribution >= 4 is 5.97 Å². The molecule has 0 aromatic heterocycles. The van der Waals surface area contributed by atoms with Crippen LogP contribution in [0.3, 0.4) is 0 Å². The fourth-order valence-electron chi connectivity index (χ4n) is 1.18. The molecule has 1 atom stereocenters. The van der Waals surface area contributed by atoms with Crippen molar-refractivity contribution in [2.24, 2.45) is 5.92 Å². The van der Waals surface area contributed by atoms with Gasteiger partial charge in [-0.05, 0) is 13.3 Å². The maximum absolute atomic E-state index is 11.2. The summed E-state index contributed by atoms with van der Waals surface area (Å²) < 4.78 is 4.83. The Morgan fingerprint density at radius 1 is 1.38 bits per heavy atom. The quantitative estimate of drug-likeness (QED) is 0.489. The van der Waals surface area contributed by atoms with E-state index in [1.54, 1.807) is 6.92 Å². The van der Waals surface area contributed by atoms with Gasteiger partial charge in [-0.25, -0.2) is 0 Å². The van der Waals surface area contributed by atoms with Crippen LogP contribution in [-0.4, -0.2) is 24.3 Å². The predicted molar refractivity (Wildman–Crippen MR) is 51.4 cm³/mol. The van der Waals surface area contributed by atoms with E-state index in [0.717, 1.165) is 25.7 Å². The second-order valence-corrected chi connectivity index (χ2v) is 3.13.